The first-order valence-corrected chi connectivity index (χ1v) is 4.66. The zero-order valence-electron chi connectivity index (χ0n) is 7.63. The molecule has 0 saturated carbocycles. The summed E-state index contributed by atoms with van der Waals surface area (Å²) in [6.07, 6.45) is 0.665. The topological polar surface area (TPSA) is 50.2 Å². The molecule has 4 heteroatoms. The molecule has 0 fully saturated rings. The second-order valence-electron chi connectivity index (χ2n) is 2.96. The first kappa shape index (κ1) is 9.92. The van der Waals surface area contributed by atoms with Crippen molar-refractivity contribution in [1.29, 1.82) is 0 Å². The zero-order valence-corrected chi connectivity index (χ0v) is 8.44. The fourth-order valence-corrected chi connectivity index (χ4v) is 2.00. The number of aromatic carboxylic acids is 1. The van der Waals surface area contributed by atoms with Gasteiger partial charge in [-0.1, -0.05) is 12.2 Å². The molecule has 0 unspecified atom stereocenters. The smallest absolute Gasteiger partial charge is 0.347 e. The molecule has 0 aromatic carbocycles. The Labute approximate surface area is 80.7 Å². The average molecular weight is 197 g/mol. The Morgan fingerprint density at radius 2 is 2.31 bits per heavy atom. The van der Waals surface area contributed by atoms with Gasteiger partial charge in [0.25, 0.3) is 0 Å². The van der Waals surface area contributed by atoms with Crippen molar-refractivity contribution >= 4 is 17.3 Å². The summed E-state index contributed by atoms with van der Waals surface area (Å²) in [5.41, 5.74) is 1.58. The van der Waals surface area contributed by atoms with E-state index < -0.39 is 5.97 Å². The highest BCUT2D eigenvalue weighted by molar-refractivity contribution is 7.13. The van der Waals surface area contributed by atoms with Crippen LogP contribution in [0.1, 0.15) is 27.3 Å². The Kier molecular flexibility index (Phi) is 2.83. The van der Waals surface area contributed by atoms with Crippen LogP contribution in [0.5, 0.6) is 0 Å². The molecule has 0 saturated heterocycles. The van der Waals surface area contributed by atoms with Gasteiger partial charge < -0.3 is 5.11 Å². The number of nitrogens with zero attached hydrogens (tertiary/aromatic N) is 1. The van der Waals surface area contributed by atoms with Crippen LogP contribution in [0.3, 0.4) is 0 Å². The van der Waals surface area contributed by atoms with Crippen LogP contribution in [0, 0.1) is 6.92 Å². The molecule has 1 aromatic rings. The molecule has 1 aromatic heterocycles. The van der Waals surface area contributed by atoms with Crippen molar-refractivity contribution in [3.63, 3.8) is 0 Å². The maximum absolute atomic E-state index is 10.7. The first-order chi connectivity index (χ1) is 6.00. The van der Waals surface area contributed by atoms with E-state index in [1.165, 1.54) is 11.3 Å². The van der Waals surface area contributed by atoms with E-state index in [2.05, 4.69) is 11.6 Å². The number of carbonyl (C=O) groups is 1. The second-order valence-corrected chi connectivity index (χ2v) is 4.04. The molecule has 0 radical (unpaired) electrons. The third-order valence-electron chi connectivity index (χ3n) is 1.49. The molecule has 0 spiro atoms. The van der Waals surface area contributed by atoms with Gasteiger partial charge in [-0.05, 0) is 13.8 Å². The molecule has 0 amide bonds. The lowest BCUT2D eigenvalue weighted by Crippen LogP contribution is -1.94. The molecule has 70 valence electrons. The van der Waals surface area contributed by atoms with E-state index in [1.54, 1.807) is 6.92 Å². The molecule has 13 heavy (non-hydrogen) atoms. The fraction of sp³-hybridized carbons (Fsp3) is 0.333. The summed E-state index contributed by atoms with van der Waals surface area (Å²) in [7, 11) is 0. The third-order valence-corrected chi connectivity index (χ3v) is 2.63. The molecule has 0 aliphatic carbocycles. The Balaban J connectivity index is 2.95. The highest BCUT2D eigenvalue weighted by Gasteiger charge is 2.13. The standard InChI is InChI=1S/C9H11NO2S/c1-5(2)4-7-10-6(3)8(13-7)9(11)12/h1,4H2,2-3H3,(H,11,12). The second kappa shape index (κ2) is 3.70. The number of rotatable bonds is 3. The summed E-state index contributed by atoms with van der Waals surface area (Å²) in [6.45, 7) is 7.36. The van der Waals surface area contributed by atoms with Crippen LogP contribution >= 0.6 is 11.3 Å². The number of carboxylic acids is 1. The van der Waals surface area contributed by atoms with Gasteiger partial charge in [-0.3, -0.25) is 0 Å². The zero-order chi connectivity index (χ0) is 10.0. The summed E-state index contributed by atoms with van der Waals surface area (Å²) < 4.78 is 0. The van der Waals surface area contributed by atoms with Crippen molar-refractivity contribution in [1.82, 2.24) is 4.98 Å². The largest absolute Gasteiger partial charge is 0.477 e. The third kappa shape index (κ3) is 2.39. The van der Waals surface area contributed by atoms with E-state index in [-0.39, 0.29) is 0 Å². The first-order valence-electron chi connectivity index (χ1n) is 3.84. The molecule has 0 atom stereocenters. The number of allylic oxidation sites excluding steroid dienone is 1. The summed E-state index contributed by atoms with van der Waals surface area (Å²) in [4.78, 5) is 15.1. The maximum Gasteiger partial charge on any atom is 0.347 e. The van der Waals surface area contributed by atoms with E-state index in [0.29, 0.717) is 17.0 Å². The van der Waals surface area contributed by atoms with Gasteiger partial charge in [0.05, 0.1) is 10.7 Å². The summed E-state index contributed by atoms with van der Waals surface area (Å²) in [5.74, 6) is -0.900. The molecule has 1 N–H and O–H groups in total. The molecule has 3 nitrogen and oxygen atoms in total. The van der Waals surface area contributed by atoms with E-state index in [0.717, 1.165) is 10.6 Å². The van der Waals surface area contributed by atoms with Crippen molar-refractivity contribution in [2.24, 2.45) is 0 Å². The Morgan fingerprint density at radius 3 is 2.69 bits per heavy atom. The maximum atomic E-state index is 10.7. The number of carboxylic acid groups (broad SMARTS) is 1. The number of aromatic nitrogens is 1. The molecule has 1 rings (SSSR count). The van der Waals surface area contributed by atoms with Crippen molar-refractivity contribution < 1.29 is 9.90 Å². The molecule has 0 aliphatic rings. The van der Waals surface area contributed by atoms with Crippen LogP contribution in [-0.4, -0.2) is 16.1 Å². The fourth-order valence-electron chi connectivity index (χ4n) is 0.984. The molecule has 0 bridgehead atoms. The van der Waals surface area contributed by atoms with Gasteiger partial charge >= 0.3 is 5.97 Å². The average Bonchev–Trinajstić information content (AvgIpc) is 2.29. The monoisotopic (exact) mass is 197 g/mol. The predicted molar refractivity (Wildman–Crippen MR) is 52.3 cm³/mol. The van der Waals surface area contributed by atoms with Crippen LogP contribution in [-0.2, 0) is 6.42 Å². The number of hydrogen-bond acceptors (Lipinski definition) is 3. The van der Waals surface area contributed by atoms with E-state index in [9.17, 15) is 4.79 Å². The number of aryl methyl sites for hydroxylation is 1. The number of thiazole rings is 1. The van der Waals surface area contributed by atoms with E-state index in [1.807, 2.05) is 6.92 Å². The van der Waals surface area contributed by atoms with Crippen LogP contribution in [0.25, 0.3) is 0 Å². The van der Waals surface area contributed by atoms with Gasteiger partial charge in [-0.25, -0.2) is 9.78 Å². The minimum Gasteiger partial charge on any atom is -0.477 e. The van der Waals surface area contributed by atoms with Gasteiger partial charge in [0, 0.05) is 6.42 Å². The van der Waals surface area contributed by atoms with E-state index in [4.69, 9.17) is 5.11 Å². The van der Waals surface area contributed by atoms with Gasteiger partial charge in [0.1, 0.15) is 4.88 Å². The normalized spacial score (nSPS) is 10.0. The van der Waals surface area contributed by atoms with Crippen LogP contribution in [0.2, 0.25) is 0 Å². The lowest BCUT2D eigenvalue weighted by Gasteiger charge is -1.90. The van der Waals surface area contributed by atoms with Gasteiger partial charge in [-0.15, -0.1) is 11.3 Å². The van der Waals surface area contributed by atoms with Gasteiger partial charge in [0.2, 0.25) is 0 Å². The minimum absolute atomic E-state index is 0.330. The SMILES string of the molecule is C=C(C)Cc1nc(C)c(C(=O)O)s1. The lowest BCUT2D eigenvalue weighted by atomic mass is 10.2. The van der Waals surface area contributed by atoms with Gasteiger partial charge in [0.15, 0.2) is 0 Å². The number of hydrogen-bond donors (Lipinski definition) is 1. The molecular weight excluding hydrogens is 186 g/mol. The van der Waals surface area contributed by atoms with Crippen LogP contribution in [0.15, 0.2) is 12.2 Å². The summed E-state index contributed by atoms with van der Waals surface area (Å²) >= 11 is 1.22. The van der Waals surface area contributed by atoms with Crippen molar-refractivity contribution in [2.45, 2.75) is 20.3 Å². The predicted octanol–water partition coefficient (Wildman–Crippen LogP) is 2.27. The summed E-state index contributed by atoms with van der Waals surface area (Å²) in [5, 5.41) is 9.58. The Morgan fingerprint density at radius 1 is 1.69 bits per heavy atom. The lowest BCUT2D eigenvalue weighted by molar-refractivity contribution is 0.0701. The molecular formula is C9H11NO2S. The minimum atomic E-state index is -0.900. The van der Waals surface area contributed by atoms with Crippen LogP contribution < -0.4 is 0 Å². The summed E-state index contributed by atoms with van der Waals surface area (Å²) in [6, 6.07) is 0. The van der Waals surface area contributed by atoms with E-state index >= 15 is 0 Å². The van der Waals surface area contributed by atoms with Crippen molar-refractivity contribution in [3.8, 4) is 0 Å². The van der Waals surface area contributed by atoms with Gasteiger partial charge in [-0.2, -0.15) is 0 Å². The quantitative estimate of drug-likeness (QED) is 0.756. The Bertz CT molecular complexity index is 354. The van der Waals surface area contributed by atoms with Crippen molar-refractivity contribution in [3.05, 3.63) is 27.7 Å². The molecule has 0 aliphatic heterocycles. The highest BCUT2D eigenvalue weighted by atomic mass is 32.1. The molecule has 1 heterocycles. The van der Waals surface area contributed by atoms with Crippen molar-refractivity contribution in [2.75, 3.05) is 0 Å². The highest BCUT2D eigenvalue weighted by Crippen LogP contribution is 2.19. The van der Waals surface area contributed by atoms with Crippen LogP contribution in [0.4, 0.5) is 0 Å². The Hall–Kier alpha value is -1.16.